The Kier molecular flexibility index (Phi) is 3.21. The molecule has 1 aromatic heterocycles. The van der Waals surface area contributed by atoms with Crippen molar-refractivity contribution in [3.63, 3.8) is 0 Å². The van der Waals surface area contributed by atoms with E-state index in [2.05, 4.69) is 22.1 Å². The second-order valence-corrected chi connectivity index (χ2v) is 4.77. The van der Waals surface area contributed by atoms with Gasteiger partial charge in [0.2, 0.25) is 0 Å². The van der Waals surface area contributed by atoms with Crippen LogP contribution >= 0.6 is 0 Å². The third-order valence-corrected chi connectivity index (χ3v) is 3.35. The van der Waals surface area contributed by atoms with Crippen molar-refractivity contribution in [2.24, 2.45) is 0 Å². The molecule has 0 aliphatic heterocycles. The second-order valence-electron chi connectivity index (χ2n) is 4.77. The maximum absolute atomic E-state index is 11.8. The Hall–Kier alpha value is -2.62. The molecule has 1 heterocycles. The Bertz CT molecular complexity index is 847. The largest absolute Gasteiger partial charge is 0.326 e. The van der Waals surface area contributed by atoms with E-state index in [9.17, 15) is 9.59 Å². The fourth-order valence-corrected chi connectivity index (χ4v) is 2.30. The molecule has 0 bridgehead atoms. The van der Waals surface area contributed by atoms with E-state index in [0.29, 0.717) is 10.9 Å². The summed E-state index contributed by atoms with van der Waals surface area (Å²) in [4.78, 5) is 27.8. The lowest BCUT2D eigenvalue weighted by Crippen LogP contribution is -2.21. The zero-order valence-corrected chi connectivity index (χ0v) is 10.8. The van der Waals surface area contributed by atoms with Crippen LogP contribution in [0.2, 0.25) is 0 Å². The van der Waals surface area contributed by atoms with Crippen LogP contribution in [0.4, 0.5) is 0 Å². The highest BCUT2D eigenvalue weighted by Gasteiger charge is 2.02. The molecule has 0 fully saturated rings. The summed E-state index contributed by atoms with van der Waals surface area (Å²) in [7, 11) is 0. The highest BCUT2D eigenvalue weighted by molar-refractivity contribution is 5.77. The number of nitrogens with one attached hydrogen (secondary N) is 2. The molecular formula is C16H14N2O2. The van der Waals surface area contributed by atoms with E-state index in [0.717, 1.165) is 18.4 Å². The minimum atomic E-state index is -0.473. The van der Waals surface area contributed by atoms with Gasteiger partial charge in [0.15, 0.2) is 0 Å². The molecule has 0 aliphatic rings. The van der Waals surface area contributed by atoms with Crippen LogP contribution in [-0.2, 0) is 12.8 Å². The van der Waals surface area contributed by atoms with Crippen molar-refractivity contribution < 1.29 is 0 Å². The van der Waals surface area contributed by atoms with Gasteiger partial charge in [-0.1, -0.05) is 36.4 Å². The van der Waals surface area contributed by atoms with Crippen molar-refractivity contribution in [3.05, 3.63) is 80.5 Å². The summed E-state index contributed by atoms with van der Waals surface area (Å²) in [6.45, 7) is 0. The van der Waals surface area contributed by atoms with E-state index < -0.39 is 5.69 Å². The lowest BCUT2D eigenvalue weighted by molar-refractivity contribution is 0.960. The third kappa shape index (κ3) is 2.54. The smallest absolute Gasteiger partial charge is 0.307 e. The van der Waals surface area contributed by atoms with Gasteiger partial charge in [-0.25, -0.2) is 4.79 Å². The van der Waals surface area contributed by atoms with Gasteiger partial charge in [0.05, 0.1) is 10.9 Å². The third-order valence-electron chi connectivity index (χ3n) is 3.35. The molecule has 0 spiro atoms. The number of H-pyrrole nitrogens is 2. The summed E-state index contributed by atoms with van der Waals surface area (Å²) in [5.41, 5.74) is 2.11. The number of fused-ring (bicyclic) bond motifs is 1. The minimum absolute atomic E-state index is 0.342. The molecule has 0 amide bonds. The Labute approximate surface area is 115 Å². The highest BCUT2D eigenvalue weighted by Crippen LogP contribution is 2.11. The fraction of sp³-hybridized carbons (Fsp3) is 0.125. The molecule has 4 nitrogen and oxygen atoms in total. The molecule has 3 rings (SSSR count). The minimum Gasteiger partial charge on any atom is -0.307 e. The summed E-state index contributed by atoms with van der Waals surface area (Å²) in [5, 5.41) is 0.523. The van der Waals surface area contributed by atoms with Gasteiger partial charge in [-0.2, -0.15) is 0 Å². The molecule has 0 aliphatic carbocycles. The molecule has 2 N–H and O–H groups in total. The molecule has 0 saturated heterocycles. The van der Waals surface area contributed by atoms with Gasteiger partial charge in [0, 0.05) is 0 Å². The molecule has 4 heteroatoms. The molecule has 100 valence electrons. The van der Waals surface area contributed by atoms with Crippen molar-refractivity contribution in [3.8, 4) is 0 Å². The lowest BCUT2D eigenvalue weighted by Gasteiger charge is -2.03. The van der Waals surface area contributed by atoms with Gasteiger partial charge >= 0.3 is 5.69 Å². The topological polar surface area (TPSA) is 65.7 Å². The molecule has 0 radical (unpaired) electrons. The number of aromatic nitrogens is 2. The van der Waals surface area contributed by atoms with E-state index in [1.54, 1.807) is 6.07 Å². The van der Waals surface area contributed by atoms with Crippen LogP contribution < -0.4 is 11.2 Å². The predicted molar refractivity (Wildman–Crippen MR) is 79.0 cm³/mol. The zero-order chi connectivity index (χ0) is 13.9. The summed E-state index contributed by atoms with van der Waals surface area (Å²) < 4.78 is 0. The number of rotatable bonds is 3. The number of hydrogen-bond donors (Lipinski definition) is 2. The fourth-order valence-electron chi connectivity index (χ4n) is 2.30. The van der Waals surface area contributed by atoms with Crippen LogP contribution in [0.25, 0.3) is 10.9 Å². The van der Waals surface area contributed by atoms with E-state index in [1.807, 2.05) is 30.3 Å². The van der Waals surface area contributed by atoms with Crippen LogP contribution in [0.1, 0.15) is 11.1 Å². The average molecular weight is 266 g/mol. The van der Waals surface area contributed by atoms with E-state index in [-0.39, 0.29) is 5.56 Å². The predicted octanol–water partition coefficient (Wildman–Crippen LogP) is 2.00. The average Bonchev–Trinajstić information content (AvgIpc) is 2.46. The van der Waals surface area contributed by atoms with E-state index in [1.165, 1.54) is 5.56 Å². The molecular weight excluding hydrogens is 252 g/mol. The molecule has 0 unspecified atom stereocenters. The van der Waals surface area contributed by atoms with Gasteiger partial charge in [-0.15, -0.1) is 0 Å². The zero-order valence-electron chi connectivity index (χ0n) is 10.8. The molecule has 3 aromatic rings. The number of aromatic amines is 2. The van der Waals surface area contributed by atoms with Gasteiger partial charge in [-0.05, 0) is 36.1 Å². The lowest BCUT2D eigenvalue weighted by atomic mass is 10.0. The van der Waals surface area contributed by atoms with Crippen LogP contribution in [0.5, 0.6) is 0 Å². The Balaban J connectivity index is 1.90. The van der Waals surface area contributed by atoms with E-state index in [4.69, 9.17) is 0 Å². The van der Waals surface area contributed by atoms with Gasteiger partial charge in [0.25, 0.3) is 5.56 Å². The number of aryl methyl sites for hydroxylation is 2. The van der Waals surface area contributed by atoms with Crippen LogP contribution in [0.15, 0.2) is 58.1 Å². The standard InChI is InChI=1S/C16H14N2O2/c19-15-13-10-12(7-6-11-4-2-1-3-5-11)8-9-14(13)17-16(20)18-15/h1-5,8-10H,6-7H2,(H2,17,18,19,20). The Morgan fingerprint density at radius 1 is 0.800 bits per heavy atom. The van der Waals surface area contributed by atoms with Crippen molar-refractivity contribution in [2.75, 3.05) is 0 Å². The first-order chi connectivity index (χ1) is 9.72. The summed E-state index contributed by atoms with van der Waals surface area (Å²) in [5.74, 6) is 0. The number of benzene rings is 2. The highest BCUT2D eigenvalue weighted by atomic mass is 16.2. The quantitative estimate of drug-likeness (QED) is 0.761. The van der Waals surface area contributed by atoms with Crippen molar-refractivity contribution in [1.82, 2.24) is 9.97 Å². The molecule has 20 heavy (non-hydrogen) atoms. The summed E-state index contributed by atoms with van der Waals surface area (Å²) >= 11 is 0. The van der Waals surface area contributed by atoms with Crippen LogP contribution in [-0.4, -0.2) is 9.97 Å². The maximum atomic E-state index is 11.8. The van der Waals surface area contributed by atoms with Crippen molar-refractivity contribution in [2.45, 2.75) is 12.8 Å². The SMILES string of the molecule is O=c1[nH]c(=O)c2cc(CCc3ccccc3)ccc2[nH]1. The maximum Gasteiger partial charge on any atom is 0.326 e. The van der Waals surface area contributed by atoms with E-state index >= 15 is 0 Å². The first kappa shape index (κ1) is 12.4. The van der Waals surface area contributed by atoms with Crippen molar-refractivity contribution in [1.29, 1.82) is 0 Å². The van der Waals surface area contributed by atoms with Crippen molar-refractivity contribution >= 4 is 10.9 Å². The van der Waals surface area contributed by atoms with Crippen LogP contribution in [0, 0.1) is 0 Å². The monoisotopic (exact) mass is 266 g/mol. The van der Waals surface area contributed by atoms with Crippen LogP contribution in [0.3, 0.4) is 0 Å². The van der Waals surface area contributed by atoms with Gasteiger partial charge in [0.1, 0.15) is 0 Å². The first-order valence-electron chi connectivity index (χ1n) is 6.51. The Morgan fingerprint density at radius 3 is 2.35 bits per heavy atom. The molecule has 2 aromatic carbocycles. The Morgan fingerprint density at radius 2 is 1.55 bits per heavy atom. The number of hydrogen-bond acceptors (Lipinski definition) is 2. The summed E-state index contributed by atoms with van der Waals surface area (Å²) in [6, 6.07) is 15.8. The molecule has 0 atom stereocenters. The summed E-state index contributed by atoms with van der Waals surface area (Å²) in [6.07, 6.45) is 1.78. The van der Waals surface area contributed by atoms with Gasteiger partial charge in [-0.3, -0.25) is 9.78 Å². The normalized spacial score (nSPS) is 10.8. The van der Waals surface area contributed by atoms with Gasteiger partial charge < -0.3 is 4.98 Å². The second kappa shape index (κ2) is 5.17. The molecule has 0 saturated carbocycles. The first-order valence-corrected chi connectivity index (χ1v) is 6.51.